The van der Waals surface area contributed by atoms with Gasteiger partial charge < -0.3 is 19.4 Å². The summed E-state index contributed by atoms with van der Waals surface area (Å²) in [4.78, 5) is 43.1. The van der Waals surface area contributed by atoms with Crippen molar-refractivity contribution in [1.29, 1.82) is 0 Å². The molecule has 1 N–H and O–H groups in total. The van der Waals surface area contributed by atoms with Crippen LogP contribution in [0.1, 0.15) is 44.1 Å². The lowest BCUT2D eigenvalue weighted by atomic mass is 9.82. The molecule has 0 bridgehead atoms. The number of rotatable bonds is 4. The Bertz CT molecular complexity index is 1190. The Kier molecular flexibility index (Phi) is 4.18. The lowest BCUT2D eigenvalue weighted by Gasteiger charge is -2.27. The maximum absolute atomic E-state index is 13.0. The smallest absolute Gasteiger partial charge is 0.340 e. The number of H-pyrrole nitrogens is 1. The molecule has 7 nitrogen and oxygen atoms in total. The Hall–Kier alpha value is -3.61. The molecule has 1 aromatic heterocycles. The Balaban J connectivity index is 1.47. The van der Waals surface area contributed by atoms with E-state index < -0.39 is 11.4 Å². The molecule has 2 atom stereocenters. The summed E-state index contributed by atoms with van der Waals surface area (Å²) in [5.41, 5.74) is 3.25. The van der Waals surface area contributed by atoms with Gasteiger partial charge in [-0.1, -0.05) is 12.1 Å². The van der Waals surface area contributed by atoms with Gasteiger partial charge in [0.25, 0.3) is 5.91 Å². The van der Waals surface area contributed by atoms with Crippen LogP contribution < -0.4 is 4.74 Å². The highest BCUT2D eigenvalue weighted by atomic mass is 16.5. The molecule has 1 aromatic carbocycles. The second-order valence-corrected chi connectivity index (χ2v) is 8.19. The molecule has 1 spiro atoms. The number of likely N-dealkylation sites (tertiary alicyclic amines) is 1. The minimum Gasteiger partial charge on any atom is -0.497 e. The first-order chi connectivity index (χ1) is 14.9. The number of nitrogens with zero attached hydrogens (tertiary/aromatic N) is 1. The van der Waals surface area contributed by atoms with E-state index in [-0.39, 0.29) is 17.6 Å². The molecule has 2 unspecified atom stereocenters. The fourth-order valence-corrected chi connectivity index (χ4v) is 5.06. The number of esters is 1. The van der Waals surface area contributed by atoms with E-state index in [2.05, 4.69) is 4.98 Å². The lowest BCUT2D eigenvalue weighted by molar-refractivity contribution is -0.123. The number of hydrogen-bond acceptors (Lipinski definition) is 5. The third kappa shape index (κ3) is 2.69. The van der Waals surface area contributed by atoms with Crippen LogP contribution in [0.15, 0.2) is 42.1 Å². The summed E-state index contributed by atoms with van der Waals surface area (Å²) in [7, 11) is 2.93. The molecule has 2 aromatic rings. The van der Waals surface area contributed by atoms with E-state index >= 15 is 0 Å². The van der Waals surface area contributed by atoms with Gasteiger partial charge in [-0.15, -0.1) is 0 Å². The minimum absolute atomic E-state index is 0.183. The van der Waals surface area contributed by atoms with Crippen LogP contribution in [0.25, 0.3) is 6.08 Å². The molecule has 1 saturated carbocycles. The van der Waals surface area contributed by atoms with Gasteiger partial charge in [0.1, 0.15) is 5.75 Å². The zero-order chi connectivity index (χ0) is 21.9. The molecule has 31 heavy (non-hydrogen) atoms. The Morgan fingerprint density at radius 1 is 1.23 bits per heavy atom. The van der Waals surface area contributed by atoms with Gasteiger partial charge in [-0.25, -0.2) is 4.79 Å². The van der Waals surface area contributed by atoms with Gasteiger partial charge in [-0.3, -0.25) is 9.59 Å². The Morgan fingerprint density at radius 2 is 1.97 bits per heavy atom. The highest BCUT2D eigenvalue weighted by Crippen LogP contribution is 2.67. The highest BCUT2D eigenvalue weighted by molar-refractivity contribution is 6.11. The summed E-state index contributed by atoms with van der Waals surface area (Å²) < 4.78 is 10.1. The normalized spacial score (nSPS) is 23.2. The van der Waals surface area contributed by atoms with Crippen molar-refractivity contribution in [2.75, 3.05) is 20.8 Å². The third-order valence-corrected chi connectivity index (χ3v) is 6.59. The van der Waals surface area contributed by atoms with E-state index in [0.717, 1.165) is 17.7 Å². The van der Waals surface area contributed by atoms with E-state index in [1.165, 1.54) is 13.2 Å². The van der Waals surface area contributed by atoms with Gasteiger partial charge >= 0.3 is 5.97 Å². The molecule has 5 rings (SSSR count). The fourth-order valence-electron chi connectivity index (χ4n) is 5.06. The number of methoxy groups -OCH3 is 2. The topological polar surface area (TPSA) is 88.7 Å². The zero-order valence-electron chi connectivity index (χ0n) is 17.5. The summed E-state index contributed by atoms with van der Waals surface area (Å²) in [6, 6.07) is 7.39. The minimum atomic E-state index is -0.471. The molecule has 1 aliphatic heterocycles. The summed E-state index contributed by atoms with van der Waals surface area (Å²) in [5.74, 6) is 0.0564. The van der Waals surface area contributed by atoms with Gasteiger partial charge in [-0.2, -0.15) is 0 Å². The quantitative estimate of drug-likeness (QED) is 0.609. The van der Waals surface area contributed by atoms with Gasteiger partial charge in [0.15, 0.2) is 0 Å². The van der Waals surface area contributed by atoms with E-state index in [1.807, 2.05) is 24.3 Å². The number of piperidine rings is 1. The first kappa shape index (κ1) is 19.4. The molecule has 0 radical (unpaired) electrons. The molecule has 1 saturated heterocycles. The van der Waals surface area contributed by atoms with Gasteiger partial charge in [0.05, 0.1) is 25.5 Å². The summed E-state index contributed by atoms with van der Waals surface area (Å²) in [6.07, 6.45) is 5.62. The number of ether oxygens (including phenoxy) is 2. The second-order valence-electron chi connectivity index (χ2n) is 8.19. The summed E-state index contributed by atoms with van der Waals surface area (Å²) in [6.45, 7) is 2.29. The Labute approximate surface area is 179 Å². The van der Waals surface area contributed by atoms with E-state index in [0.29, 0.717) is 34.8 Å². The first-order valence-corrected chi connectivity index (χ1v) is 10.1. The van der Waals surface area contributed by atoms with Crippen LogP contribution in [-0.2, 0) is 14.9 Å². The maximum Gasteiger partial charge on any atom is 0.340 e. The third-order valence-electron chi connectivity index (χ3n) is 6.59. The number of aromatic amines is 1. The van der Waals surface area contributed by atoms with Crippen LogP contribution >= 0.6 is 0 Å². The number of fused-ring (bicyclic) bond motifs is 1. The van der Waals surface area contributed by atoms with Gasteiger partial charge in [0, 0.05) is 41.1 Å². The molecule has 2 fully saturated rings. The zero-order valence-corrected chi connectivity index (χ0v) is 17.5. The number of carbonyl (C=O) groups excluding carboxylic acids is 3. The van der Waals surface area contributed by atoms with Crippen molar-refractivity contribution in [2.24, 2.45) is 5.92 Å². The average molecular weight is 418 g/mol. The van der Waals surface area contributed by atoms with E-state index in [1.54, 1.807) is 31.1 Å². The Morgan fingerprint density at radius 3 is 2.65 bits per heavy atom. The number of amides is 1. The molecular formula is C24H22N2O5. The second kappa shape index (κ2) is 6.70. The standard InChI is InChI=1S/C24H22N2O5/c1-13-20(23(29)31-3)21-22(25-13)17(27)10-18-24(21)11-15(24)12-26(18)19(28)9-6-14-4-7-16(30-2)8-5-14/h4-10,15,25H,11-12H2,1-3H3/b9-6+. The van der Waals surface area contributed by atoms with Crippen LogP contribution in [0.5, 0.6) is 5.75 Å². The number of benzene rings is 1. The number of carbonyl (C=O) groups is 3. The monoisotopic (exact) mass is 418 g/mol. The number of aromatic nitrogens is 1. The van der Waals surface area contributed by atoms with Crippen molar-refractivity contribution in [1.82, 2.24) is 9.88 Å². The molecule has 3 aliphatic rings. The van der Waals surface area contributed by atoms with Crippen molar-refractivity contribution in [3.8, 4) is 5.75 Å². The lowest BCUT2D eigenvalue weighted by Crippen LogP contribution is -2.33. The molecule has 2 heterocycles. The highest BCUT2D eigenvalue weighted by Gasteiger charge is 2.68. The number of aryl methyl sites for hydroxylation is 1. The molecule has 1 amide bonds. The number of allylic oxidation sites excluding steroid dienone is 2. The summed E-state index contributed by atoms with van der Waals surface area (Å²) >= 11 is 0. The predicted molar refractivity (Wildman–Crippen MR) is 113 cm³/mol. The molecule has 2 aliphatic carbocycles. The van der Waals surface area contributed by atoms with Crippen molar-refractivity contribution in [3.05, 3.63) is 70.2 Å². The van der Waals surface area contributed by atoms with Gasteiger partial charge in [0.2, 0.25) is 5.78 Å². The largest absolute Gasteiger partial charge is 0.497 e. The van der Waals surface area contributed by atoms with Crippen molar-refractivity contribution in [3.63, 3.8) is 0 Å². The number of hydrogen-bond donors (Lipinski definition) is 1. The van der Waals surface area contributed by atoms with Crippen molar-refractivity contribution in [2.45, 2.75) is 18.8 Å². The number of nitrogens with one attached hydrogen (secondary N) is 1. The van der Waals surface area contributed by atoms with Gasteiger partial charge in [-0.05, 0) is 43.0 Å². The van der Waals surface area contributed by atoms with Crippen LogP contribution in [0.2, 0.25) is 0 Å². The SMILES string of the molecule is COC(=O)c1c(C)[nH]c2c1C13CC1CN(C(=O)/C=C/c1ccc(OC)cc1)C3=CC2=O. The number of ketones is 1. The van der Waals surface area contributed by atoms with Crippen molar-refractivity contribution >= 4 is 23.7 Å². The molecule has 158 valence electrons. The molecular weight excluding hydrogens is 396 g/mol. The van der Waals surface area contributed by atoms with Crippen LogP contribution in [0, 0.1) is 12.8 Å². The van der Waals surface area contributed by atoms with Crippen LogP contribution in [0.4, 0.5) is 0 Å². The molecule has 7 heteroatoms. The maximum atomic E-state index is 13.0. The predicted octanol–water partition coefficient (Wildman–Crippen LogP) is 3.01. The average Bonchev–Trinajstić information content (AvgIpc) is 3.22. The van der Waals surface area contributed by atoms with Crippen LogP contribution in [0.3, 0.4) is 0 Å². The van der Waals surface area contributed by atoms with E-state index in [4.69, 9.17) is 9.47 Å². The van der Waals surface area contributed by atoms with E-state index in [9.17, 15) is 14.4 Å². The fraction of sp³-hybridized carbons (Fsp3) is 0.292. The summed E-state index contributed by atoms with van der Waals surface area (Å²) in [5, 5.41) is 0. The first-order valence-electron chi connectivity index (χ1n) is 10.1. The van der Waals surface area contributed by atoms with Crippen LogP contribution in [-0.4, -0.2) is 48.3 Å². The van der Waals surface area contributed by atoms with Crippen molar-refractivity contribution < 1.29 is 23.9 Å².